The molecule has 1 aromatic carbocycles. The molecule has 0 spiro atoms. The maximum atomic E-state index is 6.12. The van der Waals surface area contributed by atoms with E-state index in [1.165, 1.54) is 0 Å². The standard InChI is InChI=1S/C20H23ClN6O/c1-2-9-25-10-12-26(13-11-25)19(16-5-7-17(21)8-6-16)20-22-23-24-27(20)15-18-4-3-14-28-18/h2-8,14,19H,1,9-13,15H2/t19-/m0/s1. The van der Waals surface area contributed by atoms with Crippen molar-refractivity contribution in [3.05, 3.63) is 77.5 Å². The van der Waals surface area contributed by atoms with Crippen molar-refractivity contribution in [1.29, 1.82) is 0 Å². The van der Waals surface area contributed by atoms with Crippen LogP contribution in [0.3, 0.4) is 0 Å². The number of hydrogen-bond acceptors (Lipinski definition) is 6. The van der Waals surface area contributed by atoms with Crippen LogP contribution in [-0.4, -0.2) is 62.7 Å². The monoisotopic (exact) mass is 398 g/mol. The summed E-state index contributed by atoms with van der Waals surface area (Å²) >= 11 is 6.12. The molecule has 0 bridgehead atoms. The smallest absolute Gasteiger partial charge is 0.173 e. The number of tetrazole rings is 1. The fraction of sp³-hybridized carbons (Fsp3) is 0.350. The lowest BCUT2D eigenvalue weighted by molar-refractivity contribution is 0.112. The lowest BCUT2D eigenvalue weighted by Gasteiger charge is -2.38. The molecular formula is C20H23ClN6O. The molecule has 0 aliphatic carbocycles. The second kappa shape index (κ2) is 8.68. The van der Waals surface area contributed by atoms with Crippen molar-refractivity contribution >= 4 is 11.6 Å². The molecular weight excluding hydrogens is 376 g/mol. The molecule has 1 aliphatic rings. The van der Waals surface area contributed by atoms with Crippen molar-refractivity contribution in [2.75, 3.05) is 32.7 Å². The molecule has 0 amide bonds. The van der Waals surface area contributed by atoms with Gasteiger partial charge in [-0.1, -0.05) is 29.8 Å². The van der Waals surface area contributed by atoms with Gasteiger partial charge in [-0.05, 0) is 40.3 Å². The molecule has 7 nitrogen and oxygen atoms in total. The summed E-state index contributed by atoms with van der Waals surface area (Å²) in [5.74, 6) is 1.62. The van der Waals surface area contributed by atoms with E-state index >= 15 is 0 Å². The molecule has 1 aliphatic heterocycles. The van der Waals surface area contributed by atoms with Gasteiger partial charge in [-0.3, -0.25) is 9.80 Å². The first kappa shape index (κ1) is 18.9. The maximum absolute atomic E-state index is 6.12. The van der Waals surface area contributed by atoms with Crippen molar-refractivity contribution in [1.82, 2.24) is 30.0 Å². The van der Waals surface area contributed by atoms with E-state index in [1.807, 2.05) is 35.0 Å². The Morgan fingerprint density at radius 2 is 1.93 bits per heavy atom. The van der Waals surface area contributed by atoms with E-state index < -0.39 is 0 Å². The van der Waals surface area contributed by atoms with Crippen LogP contribution in [0.4, 0.5) is 0 Å². The zero-order valence-electron chi connectivity index (χ0n) is 15.6. The second-order valence-corrected chi connectivity index (χ2v) is 7.29. The molecule has 0 radical (unpaired) electrons. The van der Waals surface area contributed by atoms with Gasteiger partial charge in [-0.2, -0.15) is 0 Å². The lowest BCUT2D eigenvalue weighted by Crippen LogP contribution is -2.48. The lowest BCUT2D eigenvalue weighted by atomic mass is 10.0. The fourth-order valence-electron chi connectivity index (χ4n) is 3.63. The van der Waals surface area contributed by atoms with Gasteiger partial charge in [-0.25, -0.2) is 4.68 Å². The molecule has 28 heavy (non-hydrogen) atoms. The molecule has 3 heterocycles. The zero-order valence-corrected chi connectivity index (χ0v) is 16.4. The molecule has 0 saturated carbocycles. The molecule has 0 unspecified atom stereocenters. The summed E-state index contributed by atoms with van der Waals surface area (Å²) in [6, 6.07) is 11.7. The van der Waals surface area contributed by atoms with Gasteiger partial charge in [0.05, 0.1) is 12.3 Å². The van der Waals surface area contributed by atoms with Gasteiger partial charge in [-0.15, -0.1) is 11.7 Å². The average Bonchev–Trinajstić information content (AvgIpc) is 3.38. The van der Waals surface area contributed by atoms with Crippen LogP contribution in [0.25, 0.3) is 0 Å². The number of furan rings is 1. The summed E-state index contributed by atoms with van der Waals surface area (Å²) in [5, 5.41) is 13.3. The Morgan fingerprint density at radius 1 is 1.14 bits per heavy atom. The predicted octanol–water partition coefficient (Wildman–Crippen LogP) is 2.86. The average molecular weight is 399 g/mol. The van der Waals surface area contributed by atoms with Crippen LogP contribution in [0.1, 0.15) is 23.2 Å². The molecule has 1 atom stereocenters. The molecule has 0 N–H and O–H groups in total. The SMILES string of the molecule is C=CCN1CCN([C@@H](c2ccc(Cl)cc2)c2nnnn2Cc2ccco2)CC1. The molecule has 4 rings (SSSR count). The van der Waals surface area contributed by atoms with Gasteiger partial charge in [0.15, 0.2) is 5.82 Å². The molecule has 1 fully saturated rings. The summed E-state index contributed by atoms with van der Waals surface area (Å²) < 4.78 is 7.30. The topological polar surface area (TPSA) is 63.2 Å². The van der Waals surface area contributed by atoms with Crippen LogP contribution in [0.15, 0.2) is 59.7 Å². The summed E-state index contributed by atoms with van der Waals surface area (Å²) in [7, 11) is 0. The third-order valence-corrected chi connectivity index (χ3v) is 5.29. The number of aromatic nitrogens is 4. The quantitative estimate of drug-likeness (QED) is 0.570. The summed E-state index contributed by atoms with van der Waals surface area (Å²) in [5.41, 5.74) is 1.12. The van der Waals surface area contributed by atoms with Gasteiger partial charge in [0.25, 0.3) is 0 Å². The minimum absolute atomic E-state index is 0.0480. The summed E-state index contributed by atoms with van der Waals surface area (Å²) in [6.07, 6.45) is 3.62. The van der Waals surface area contributed by atoms with E-state index in [1.54, 1.807) is 6.26 Å². The highest BCUT2D eigenvalue weighted by Gasteiger charge is 2.30. The second-order valence-electron chi connectivity index (χ2n) is 6.85. The largest absolute Gasteiger partial charge is 0.467 e. The highest BCUT2D eigenvalue weighted by Crippen LogP contribution is 2.29. The number of halogens is 1. The first-order valence-corrected chi connectivity index (χ1v) is 9.73. The molecule has 3 aromatic rings. The predicted molar refractivity (Wildman–Crippen MR) is 107 cm³/mol. The Labute approximate surface area is 169 Å². The van der Waals surface area contributed by atoms with Crippen LogP contribution < -0.4 is 0 Å². The minimum Gasteiger partial charge on any atom is -0.467 e. The molecule has 146 valence electrons. The Kier molecular flexibility index (Phi) is 5.85. The van der Waals surface area contributed by atoms with E-state index in [9.17, 15) is 0 Å². The van der Waals surface area contributed by atoms with Crippen molar-refractivity contribution < 1.29 is 4.42 Å². The Bertz CT molecular complexity index is 884. The van der Waals surface area contributed by atoms with Gasteiger partial charge in [0.1, 0.15) is 12.3 Å². The Morgan fingerprint density at radius 3 is 2.61 bits per heavy atom. The highest BCUT2D eigenvalue weighted by molar-refractivity contribution is 6.30. The summed E-state index contributed by atoms with van der Waals surface area (Å²) in [6.45, 7) is 9.07. The van der Waals surface area contributed by atoms with E-state index in [-0.39, 0.29) is 6.04 Å². The number of piperazine rings is 1. The number of nitrogens with zero attached hydrogens (tertiary/aromatic N) is 6. The normalized spacial score (nSPS) is 16.9. The Balaban J connectivity index is 1.64. The molecule has 2 aromatic heterocycles. The van der Waals surface area contributed by atoms with Gasteiger partial charge in [0.2, 0.25) is 0 Å². The molecule has 1 saturated heterocycles. The van der Waals surface area contributed by atoms with E-state index in [0.29, 0.717) is 11.6 Å². The van der Waals surface area contributed by atoms with Crippen molar-refractivity contribution in [2.45, 2.75) is 12.6 Å². The first-order chi connectivity index (χ1) is 13.7. The third-order valence-electron chi connectivity index (χ3n) is 5.03. The minimum atomic E-state index is -0.0480. The number of hydrogen-bond donors (Lipinski definition) is 0. The summed E-state index contributed by atoms with van der Waals surface area (Å²) in [4.78, 5) is 4.82. The highest BCUT2D eigenvalue weighted by atomic mass is 35.5. The van der Waals surface area contributed by atoms with Gasteiger partial charge < -0.3 is 4.42 Å². The maximum Gasteiger partial charge on any atom is 0.173 e. The van der Waals surface area contributed by atoms with Crippen LogP contribution in [0, 0.1) is 0 Å². The van der Waals surface area contributed by atoms with Crippen LogP contribution in [0.2, 0.25) is 5.02 Å². The first-order valence-electron chi connectivity index (χ1n) is 9.36. The van der Waals surface area contributed by atoms with E-state index in [2.05, 4.69) is 44.0 Å². The zero-order chi connectivity index (χ0) is 19.3. The van der Waals surface area contributed by atoms with E-state index in [4.69, 9.17) is 16.0 Å². The van der Waals surface area contributed by atoms with Crippen LogP contribution in [0.5, 0.6) is 0 Å². The van der Waals surface area contributed by atoms with Crippen LogP contribution in [-0.2, 0) is 6.54 Å². The van der Waals surface area contributed by atoms with Crippen molar-refractivity contribution in [3.8, 4) is 0 Å². The third kappa shape index (κ3) is 4.16. The molecule has 8 heteroatoms. The fourth-order valence-corrected chi connectivity index (χ4v) is 3.75. The number of benzene rings is 1. The van der Waals surface area contributed by atoms with Gasteiger partial charge >= 0.3 is 0 Å². The van der Waals surface area contributed by atoms with Crippen LogP contribution >= 0.6 is 11.6 Å². The van der Waals surface area contributed by atoms with Crippen molar-refractivity contribution in [3.63, 3.8) is 0 Å². The van der Waals surface area contributed by atoms with E-state index in [0.717, 1.165) is 49.9 Å². The number of rotatable bonds is 7. The van der Waals surface area contributed by atoms with Crippen molar-refractivity contribution in [2.24, 2.45) is 0 Å². The Hall–Kier alpha value is -2.48. The van der Waals surface area contributed by atoms with Gasteiger partial charge in [0, 0.05) is 37.7 Å².